The first-order chi connectivity index (χ1) is 13.3. The van der Waals surface area contributed by atoms with Gasteiger partial charge in [-0.25, -0.2) is 5.14 Å². The summed E-state index contributed by atoms with van der Waals surface area (Å²) in [6.07, 6.45) is -0.799. The predicted octanol–water partition coefficient (Wildman–Crippen LogP) is 1.82. The lowest BCUT2D eigenvalue weighted by Gasteiger charge is -2.14. The number of anilines is 1. The van der Waals surface area contributed by atoms with Gasteiger partial charge in [-0.2, -0.15) is 13.5 Å². The molecule has 0 aliphatic rings. The van der Waals surface area contributed by atoms with Crippen molar-refractivity contribution in [2.75, 3.05) is 24.4 Å². The smallest absolute Gasteiger partial charge is 0.296 e. The summed E-state index contributed by atoms with van der Waals surface area (Å²) < 4.78 is 30.1. The van der Waals surface area contributed by atoms with Crippen LogP contribution in [0.25, 0.3) is 10.9 Å². The number of aromatic nitrogens is 2. The van der Waals surface area contributed by atoms with Gasteiger partial charge in [0.05, 0.1) is 23.0 Å². The number of aliphatic hydroxyl groups excluding tert-OH is 1. The maximum atomic E-state index is 11.1. The first-order valence-corrected chi connectivity index (χ1v) is 10.2. The summed E-state index contributed by atoms with van der Waals surface area (Å²) in [5.74, 6) is 0.736. The van der Waals surface area contributed by atoms with Crippen LogP contribution in [0, 0.1) is 6.92 Å². The quantitative estimate of drug-likeness (QED) is 0.334. The molecule has 0 fully saturated rings. The fourth-order valence-corrected chi connectivity index (χ4v) is 3.25. The van der Waals surface area contributed by atoms with Crippen molar-refractivity contribution in [3.63, 3.8) is 0 Å². The van der Waals surface area contributed by atoms with E-state index in [-0.39, 0.29) is 7.43 Å². The highest BCUT2D eigenvalue weighted by atomic mass is 32.2. The number of aryl methyl sites for hydroxylation is 1. The van der Waals surface area contributed by atoms with Gasteiger partial charge in [-0.1, -0.05) is 19.6 Å². The van der Waals surface area contributed by atoms with Gasteiger partial charge in [-0.05, 0) is 36.8 Å². The van der Waals surface area contributed by atoms with Gasteiger partial charge in [0.15, 0.2) is 0 Å². The molecule has 0 aliphatic heterocycles. The molecular formula is C19H27N5O4S. The van der Waals surface area contributed by atoms with Gasteiger partial charge in [0.2, 0.25) is 0 Å². The van der Waals surface area contributed by atoms with Crippen molar-refractivity contribution < 1.29 is 18.3 Å². The first-order valence-electron chi connectivity index (χ1n) is 8.68. The third kappa shape index (κ3) is 6.43. The van der Waals surface area contributed by atoms with Crippen LogP contribution < -0.4 is 19.9 Å². The van der Waals surface area contributed by atoms with Gasteiger partial charge in [-0.3, -0.25) is 9.82 Å². The van der Waals surface area contributed by atoms with E-state index in [0.29, 0.717) is 30.9 Å². The number of aromatic amines is 1. The summed E-state index contributed by atoms with van der Waals surface area (Å²) in [6, 6.07) is 12.2. The van der Waals surface area contributed by atoms with E-state index >= 15 is 0 Å². The lowest BCUT2D eigenvalue weighted by atomic mass is 10.1. The number of nitrogens with two attached hydrogens (primary N) is 1. The zero-order chi connectivity index (χ0) is 20.1. The third-order valence-corrected chi connectivity index (χ3v) is 4.66. The first kappa shape index (κ1) is 22.6. The molecule has 3 rings (SSSR count). The van der Waals surface area contributed by atoms with Crippen LogP contribution in [0.3, 0.4) is 0 Å². The SMILES string of the molecule is C.Cc1n[nH]c2cc(OCCNC[C@H](O)c3cccc(NS(N)(=O)=O)c3)ccc12. The largest absolute Gasteiger partial charge is 0.492 e. The number of ether oxygens (including phenoxy) is 1. The molecule has 3 aromatic rings. The lowest BCUT2D eigenvalue weighted by molar-refractivity contribution is 0.172. The molecule has 9 nitrogen and oxygen atoms in total. The summed E-state index contributed by atoms with van der Waals surface area (Å²) in [7, 11) is -3.85. The number of nitrogens with one attached hydrogen (secondary N) is 3. The highest BCUT2D eigenvalue weighted by Crippen LogP contribution is 2.21. The van der Waals surface area contributed by atoms with Crippen molar-refractivity contribution in [3.05, 3.63) is 53.7 Å². The minimum atomic E-state index is -3.85. The predicted molar refractivity (Wildman–Crippen MR) is 114 cm³/mol. The summed E-state index contributed by atoms with van der Waals surface area (Å²) in [5.41, 5.74) is 2.74. The molecular weight excluding hydrogens is 394 g/mol. The van der Waals surface area contributed by atoms with E-state index in [1.807, 2.05) is 25.1 Å². The zero-order valence-corrected chi connectivity index (χ0v) is 16.2. The lowest BCUT2D eigenvalue weighted by Crippen LogP contribution is -2.26. The van der Waals surface area contributed by atoms with Crippen molar-refractivity contribution in [1.29, 1.82) is 0 Å². The monoisotopic (exact) mass is 421 g/mol. The average molecular weight is 422 g/mol. The van der Waals surface area contributed by atoms with Crippen LogP contribution >= 0.6 is 0 Å². The van der Waals surface area contributed by atoms with Crippen LogP contribution in [-0.4, -0.2) is 43.4 Å². The molecule has 0 amide bonds. The molecule has 0 spiro atoms. The number of fused-ring (bicyclic) bond motifs is 1. The second-order valence-electron chi connectivity index (χ2n) is 6.36. The van der Waals surface area contributed by atoms with Gasteiger partial charge >= 0.3 is 0 Å². The van der Waals surface area contributed by atoms with Crippen LogP contribution in [0.15, 0.2) is 42.5 Å². The van der Waals surface area contributed by atoms with Crippen molar-refractivity contribution in [2.45, 2.75) is 20.5 Å². The minimum Gasteiger partial charge on any atom is -0.492 e. The second kappa shape index (κ2) is 9.70. The van der Waals surface area contributed by atoms with Crippen molar-refractivity contribution in [3.8, 4) is 5.75 Å². The molecule has 1 heterocycles. The molecule has 158 valence electrons. The molecule has 6 N–H and O–H groups in total. The van der Waals surface area contributed by atoms with Crippen molar-refractivity contribution in [1.82, 2.24) is 15.5 Å². The number of nitrogens with zero attached hydrogens (tertiary/aromatic N) is 1. The van der Waals surface area contributed by atoms with Crippen LogP contribution in [0.4, 0.5) is 5.69 Å². The zero-order valence-electron chi connectivity index (χ0n) is 15.3. The van der Waals surface area contributed by atoms with Gasteiger partial charge in [0, 0.05) is 24.5 Å². The average Bonchev–Trinajstić information content (AvgIpc) is 3.00. The number of hydrogen-bond acceptors (Lipinski definition) is 6. The summed E-state index contributed by atoms with van der Waals surface area (Å²) in [6.45, 7) is 3.20. The van der Waals surface area contributed by atoms with E-state index in [2.05, 4.69) is 20.2 Å². The maximum absolute atomic E-state index is 11.1. The molecule has 0 aliphatic carbocycles. The Morgan fingerprint density at radius 1 is 1.28 bits per heavy atom. The Morgan fingerprint density at radius 2 is 2.07 bits per heavy atom. The van der Waals surface area contributed by atoms with Gasteiger partial charge in [0.1, 0.15) is 12.4 Å². The van der Waals surface area contributed by atoms with E-state index < -0.39 is 16.3 Å². The maximum Gasteiger partial charge on any atom is 0.296 e. The fourth-order valence-electron chi connectivity index (χ4n) is 2.80. The Morgan fingerprint density at radius 3 is 2.83 bits per heavy atom. The summed E-state index contributed by atoms with van der Waals surface area (Å²) in [5, 5.41) is 26.5. The number of hydrogen-bond donors (Lipinski definition) is 5. The van der Waals surface area contributed by atoms with Gasteiger partial charge < -0.3 is 15.2 Å². The Kier molecular flexibility index (Phi) is 7.57. The minimum absolute atomic E-state index is 0. The molecule has 0 radical (unpaired) electrons. The van der Waals surface area contributed by atoms with Crippen LogP contribution in [0.1, 0.15) is 24.8 Å². The number of aliphatic hydroxyl groups is 1. The molecule has 1 aromatic heterocycles. The normalized spacial score (nSPS) is 12.4. The van der Waals surface area contributed by atoms with Crippen molar-refractivity contribution in [2.24, 2.45) is 5.14 Å². The van der Waals surface area contributed by atoms with E-state index in [1.54, 1.807) is 18.2 Å². The van der Waals surface area contributed by atoms with Gasteiger partial charge in [-0.15, -0.1) is 0 Å². The molecule has 0 saturated carbocycles. The van der Waals surface area contributed by atoms with E-state index in [0.717, 1.165) is 22.3 Å². The van der Waals surface area contributed by atoms with Crippen molar-refractivity contribution >= 4 is 26.8 Å². The van der Waals surface area contributed by atoms with E-state index in [4.69, 9.17) is 9.88 Å². The third-order valence-electron chi connectivity index (χ3n) is 4.14. The second-order valence-corrected chi connectivity index (χ2v) is 7.65. The topological polar surface area (TPSA) is 142 Å². The Hall–Kier alpha value is -2.66. The molecule has 0 unspecified atom stereocenters. The molecule has 0 saturated heterocycles. The number of H-pyrrole nitrogens is 1. The van der Waals surface area contributed by atoms with Crippen LogP contribution in [0.5, 0.6) is 5.75 Å². The molecule has 10 heteroatoms. The Labute approximate surface area is 170 Å². The molecule has 0 bridgehead atoms. The standard InChI is InChI=1S/C18H23N5O4S.CH4/c1-12-16-6-5-15(10-17(16)22-21-12)27-8-7-20-11-18(24)13-3-2-4-14(9-13)23-28(19,25)26;/h2-6,9-10,18,20,23-24H,7-8,11H2,1H3,(H,21,22)(H2,19,25,26);1H4/t18-;/m0./s1. The molecule has 29 heavy (non-hydrogen) atoms. The van der Waals surface area contributed by atoms with Gasteiger partial charge in [0.25, 0.3) is 10.2 Å². The summed E-state index contributed by atoms with van der Waals surface area (Å²) >= 11 is 0. The Bertz CT molecular complexity index is 1050. The van der Waals surface area contributed by atoms with Crippen LogP contribution in [0.2, 0.25) is 0 Å². The summed E-state index contributed by atoms with van der Waals surface area (Å²) in [4.78, 5) is 0. The van der Waals surface area contributed by atoms with E-state index in [9.17, 15) is 13.5 Å². The van der Waals surface area contributed by atoms with E-state index in [1.165, 1.54) is 6.07 Å². The molecule has 1 atom stereocenters. The number of benzene rings is 2. The highest BCUT2D eigenvalue weighted by Gasteiger charge is 2.09. The molecule has 2 aromatic carbocycles. The number of rotatable bonds is 9. The van der Waals surface area contributed by atoms with Crippen LogP contribution in [-0.2, 0) is 10.2 Å². The highest BCUT2D eigenvalue weighted by molar-refractivity contribution is 7.90. The fraction of sp³-hybridized carbons (Fsp3) is 0.316. The Balaban J connectivity index is 0.00000300.